The minimum atomic E-state index is 0.199. The molecule has 0 spiro atoms. The summed E-state index contributed by atoms with van der Waals surface area (Å²) in [5, 5.41) is 12.4. The fourth-order valence-corrected chi connectivity index (χ4v) is 1.53. The fourth-order valence-electron chi connectivity index (χ4n) is 1.53. The van der Waals surface area contributed by atoms with E-state index in [-0.39, 0.29) is 12.6 Å². The molecule has 2 N–H and O–H groups in total. The first-order valence-electron chi connectivity index (χ1n) is 6.62. The Bertz CT molecular complexity index is 140. The number of nitrogens with one attached hydrogen (secondary N) is 1. The Kier molecular flexibility index (Phi) is 11.3. The van der Waals surface area contributed by atoms with Gasteiger partial charge in [-0.05, 0) is 38.1 Å². The average molecular weight is 231 g/mol. The molecule has 3 nitrogen and oxygen atoms in total. The highest BCUT2D eigenvalue weighted by Crippen LogP contribution is 2.03. The molecule has 0 fully saturated rings. The SMILES string of the molecule is CCCNC(CO)CCOCCCC(C)C. The molecule has 1 unspecified atom stereocenters. The van der Waals surface area contributed by atoms with Gasteiger partial charge in [-0.2, -0.15) is 0 Å². The van der Waals surface area contributed by atoms with E-state index >= 15 is 0 Å². The van der Waals surface area contributed by atoms with Gasteiger partial charge in [-0.25, -0.2) is 0 Å². The van der Waals surface area contributed by atoms with Gasteiger partial charge in [0.2, 0.25) is 0 Å². The zero-order valence-electron chi connectivity index (χ0n) is 11.2. The topological polar surface area (TPSA) is 41.5 Å². The van der Waals surface area contributed by atoms with Crippen LogP contribution in [0.25, 0.3) is 0 Å². The van der Waals surface area contributed by atoms with E-state index in [1.807, 2.05) is 0 Å². The second-order valence-corrected chi connectivity index (χ2v) is 4.77. The van der Waals surface area contributed by atoms with Crippen LogP contribution in [0.4, 0.5) is 0 Å². The summed E-state index contributed by atoms with van der Waals surface area (Å²) in [5.74, 6) is 0.764. The average Bonchev–Trinajstić information content (AvgIpc) is 2.26. The molecular formula is C13H29NO2. The maximum Gasteiger partial charge on any atom is 0.0585 e. The summed E-state index contributed by atoms with van der Waals surface area (Å²) in [6.45, 7) is 9.37. The van der Waals surface area contributed by atoms with Crippen molar-refractivity contribution in [3.05, 3.63) is 0 Å². The molecule has 1 atom stereocenters. The third kappa shape index (κ3) is 10.4. The van der Waals surface area contributed by atoms with Gasteiger partial charge >= 0.3 is 0 Å². The van der Waals surface area contributed by atoms with E-state index < -0.39 is 0 Å². The Balaban J connectivity index is 3.27. The number of hydrogen-bond donors (Lipinski definition) is 2. The van der Waals surface area contributed by atoms with E-state index in [9.17, 15) is 0 Å². The second-order valence-electron chi connectivity index (χ2n) is 4.77. The van der Waals surface area contributed by atoms with Crippen molar-refractivity contribution in [2.75, 3.05) is 26.4 Å². The molecule has 0 aliphatic carbocycles. The van der Waals surface area contributed by atoms with Crippen LogP contribution < -0.4 is 5.32 Å². The Morgan fingerprint density at radius 1 is 1.19 bits per heavy atom. The number of hydrogen-bond acceptors (Lipinski definition) is 3. The lowest BCUT2D eigenvalue weighted by molar-refractivity contribution is 0.109. The number of aliphatic hydroxyl groups is 1. The zero-order chi connectivity index (χ0) is 12.2. The molecule has 0 aromatic rings. The third-order valence-corrected chi connectivity index (χ3v) is 2.58. The first-order chi connectivity index (χ1) is 7.70. The molecule has 0 rings (SSSR count). The molecule has 0 radical (unpaired) electrons. The van der Waals surface area contributed by atoms with Gasteiger partial charge < -0.3 is 15.2 Å². The number of ether oxygens (including phenoxy) is 1. The zero-order valence-corrected chi connectivity index (χ0v) is 11.2. The third-order valence-electron chi connectivity index (χ3n) is 2.58. The summed E-state index contributed by atoms with van der Waals surface area (Å²) >= 11 is 0. The van der Waals surface area contributed by atoms with Crippen molar-refractivity contribution < 1.29 is 9.84 Å². The summed E-state index contributed by atoms with van der Waals surface area (Å²) in [7, 11) is 0. The van der Waals surface area contributed by atoms with Gasteiger partial charge in [-0.1, -0.05) is 20.8 Å². The van der Waals surface area contributed by atoms with Crippen LogP contribution in [0.2, 0.25) is 0 Å². The van der Waals surface area contributed by atoms with Crippen molar-refractivity contribution in [2.24, 2.45) is 5.92 Å². The van der Waals surface area contributed by atoms with Crippen molar-refractivity contribution in [2.45, 2.75) is 52.5 Å². The highest BCUT2D eigenvalue weighted by Gasteiger charge is 2.05. The van der Waals surface area contributed by atoms with Crippen LogP contribution in [0.3, 0.4) is 0 Å². The molecule has 0 aliphatic rings. The number of aliphatic hydroxyl groups excluding tert-OH is 1. The van der Waals surface area contributed by atoms with Crippen LogP contribution in [0.1, 0.15) is 46.5 Å². The lowest BCUT2D eigenvalue weighted by atomic mass is 10.1. The molecule has 0 aromatic carbocycles. The summed E-state index contributed by atoms with van der Waals surface area (Å²) in [4.78, 5) is 0. The molecule has 0 heterocycles. The van der Waals surface area contributed by atoms with Crippen LogP contribution in [0.15, 0.2) is 0 Å². The monoisotopic (exact) mass is 231 g/mol. The molecular weight excluding hydrogens is 202 g/mol. The highest BCUT2D eigenvalue weighted by molar-refractivity contribution is 4.64. The minimum absolute atomic E-state index is 0.199. The first kappa shape index (κ1) is 15.9. The quantitative estimate of drug-likeness (QED) is 0.536. The standard InChI is InChI=1S/C13H29NO2/c1-4-8-14-13(11-15)7-10-16-9-5-6-12(2)3/h12-15H,4-11H2,1-3H3. The molecule has 3 heteroatoms. The molecule has 0 saturated carbocycles. The predicted molar refractivity (Wildman–Crippen MR) is 68.7 cm³/mol. The summed E-state index contributed by atoms with van der Waals surface area (Å²) in [6.07, 6.45) is 4.38. The largest absolute Gasteiger partial charge is 0.395 e. The van der Waals surface area contributed by atoms with Crippen LogP contribution >= 0.6 is 0 Å². The predicted octanol–water partition coefficient (Wildman–Crippen LogP) is 2.19. The molecule has 16 heavy (non-hydrogen) atoms. The number of rotatable bonds is 11. The molecule has 0 aromatic heterocycles. The van der Waals surface area contributed by atoms with E-state index in [1.165, 1.54) is 6.42 Å². The van der Waals surface area contributed by atoms with Gasteiger partial charge in [-0.3, -0.25) is 0 Å². The van der Waals surface area contributed by atoms with Crippen LogP contribution in [0.5, 0.6) is 0 Å². The molecule has 98 valence electrons. The van der Waals surface area contributed by atoms with Gasteiger partial charge in [0.15, 0.2) is 0 Å². The fraction of sp³-hybridized carbons (Fsp3) is 1.00. The van der Waals surface area contributed by atoms with Gasteiger partial charge in [0.1, 0.15) is 0 Å². The minimum Gasteiger partial charge on any atom is -0.395 e. The highest BCUT2D eigenvalue weighted by atomic mass is 16.5. The molecule has 0 bridgehead atoms. The maximum absolute atomic E-state index is 9.11. The smallest absolute Gasteiger partial charge is 0.0585 e. The summed E-state index contributed by atoms with van der Waals surface area (Å²) < 4.78 is 5.55. The van der Waals surface area contributed by atoms with Crippen LogP contribution in [-0.2, 0) is 4.74 Å². The first-order valence-corrected chi connectivity index (χ1v) is 6.62. The van der Waals surface area contributed by atoms with Crippen LogP contribution in [-0.4, -0.2) is 37.5 Å². The van der Waals surface area contributed by atoms with Crippen molar-refractivity contribution in [1.29, 1.82) is 0 Å². The maximum atomic E-state index is 9.11. The Hall–Kier alpha value is -0.120. The van der Waals surface area contributed by atoms with Gasteiger partial charge in [-0.15, -0.1) is 0 Å². The van der Waals surface area contributed by atoms with Crippen LogP contribution in [0, 0.1) is 5.92 Å². The van der Waals surface area contributed by atoms with Crippen molar-refractivity contribution in [1.82, 2.24) is 5.32 Å². The molecule has 0 aliphatic heterocycles. The Labute approximate surface area is 101 Å². The normalized spacial score (nSPS) is 13.3. The Morgan fingerprint density at radius 3 is 2.50 bits per heavy atom. The lowest BCUT2D eigenvalue weighted by Gasteiger charge is -2.15. The molecule has 0 amide bonds. The Morgan fingerprint density at radius 2 is 1.94 bits per heavy atom. The van der Waals surface area contributed by atoms with E-state index in [4.69, 9.17) is 9.84 Å². The van der Waals surface area contributed by atoms with Crippen molar-refractivity contribution in [3.63, 3.8) is 0 Å². The molecule has 0 saturated heterocycles. The van der Waals surface area contributed by atoms with E-state index in [1.54, 1.807) is 0 Å². The lowest BCUT2D eigenvalue weighted by Crippen LogP contribution is -2.34. The van der Waals surface area contributed by atoms with E-state index in [0.29, 0.717) is 0 Å². The van der Waals surface area contributed by atoms with E-state index in [0.717, 1.165) is 44.9 Å². The van der Waals surface area contributed by atoms with Gasteiger partial charge in [0.25, 0.3) is 0 Å². The summed E-state index contributed by atoms with van der Waals surface area (Å²) in [6, 6.07) is 0.199. The van der Waals surface area contributed by atoms with E-state index in [2.05, 4.69) is 26.1 Å². The summed E-state index contributed by atoms with van der Waals surface area (Å²) in [5.41, 5.74) is 0. The van der Waals surface area contributed by atoms with Crippen molar-refractivity contribution >= 4 is 0 Å². The van der Waals surface area contributed by atoms with Crippen molar-refractivity contribution in [3.8, 4) is 0 Å². The van der Waals surface area contributed by atoms with Gasteiger partial charge in [0.05, 0.1) is 6.61 Å². The van der Waals surface area contributed by atoms with Gasteiger partial charge in [0, 0.05) is 19.3 Å². The second kappa shape index (κ2) is 11.4.